The summed E-state index contributed by atoms with van der Waals surface area (Å²) in [6.07, 6.45) is 1.000. The molecule has 1 amide bonds. The predicted octanol–water partition coefficient (Wildman–Crippen LogP) is 0.902. The molecule has 2 fully saturated rings. The number of aromatic nitrogens is 1. The lowest BCUT2D eigenvalue weighted by Gasteiger charge is -2.40. The Balaban J connectivity index is 1.75. The Morgan fingerprint density at radius 1 is 1.39 bits per heavy atom. The van der Waals surface area contributed by atoms with Crippen LogP contribution in [-0.4, -0.2) is 49.3 Å². The number of morpholine rings is 1. The molecule has 3 N–H and O–H groups in total. The molecule has 0 saturated carbocycles. The summed E-state index contributed by atoms with van der Waals surface area (Å²) in [6.45, 7) is 4.06. The second-order valence-corrected chi connectivity index (χ2v) is 6.29. The Kier molecular flexibility index (Phi) is 3.43. The van der Waals surface area contributed by atoms with E-state index in [1.165, 1.54) is 0 Å². The molecule has 6 nitrogen and oxygen atoms in total. The number of nitrogens with one attached hydrogen (secondary N) is 1. The van der Waals surface area contributed by atoms with Crippen molar-refractivity contribution in [1.29, 1.82) is 0 Å². The molecule has 2 aliphatic rings. The number of pyridine rings is 1. The Hall–Kier alpha value is -2.18. The standard InChI is InChI=1S/C17H20N4O2/c18-16(22)13-9-15(20-14-4-2-1-3-12(13)14)21-7-8-23-17(11-21)5-6-19-10-17/h1-4,9,19H,5-8,10-11H2,(H2,18,22). The molecule has 0 bridgehead atoms. The van der Waals surface area contributed by atoms with Crippen molar-refractivity contribution < 1.29 is 9.53 Å². The van der Waals surface area contributed by atoms with E-state index in [9.17, 15) is 4.79 Å². The third-order valence-corrected chi connectivity index (χ3v) is 4.75. The maximum atomic E-state index is 11.8. The summed E-state index contributed by atoms with van der Waals surface area (Å²) in [7, 11) is 0. The molecule has 120 valence electrons. The zero-order chi connectivity index (χ0) is 15.9. The van der Waals surface area contributed by atoms with E-state index < -0.39 is 5.91 Å². The smallest absolute Gasteiger partial charge is 0.249 e. The summed E-state index contributed by atoms with van der Waals surface area (Å²) in [4.78, 5) is 18.8. The van der Waals surface area contributed by atoms with Crippen molar-refractivity contribution in [2.45, 2.75) is 12.0 Å². The van der Waals surface area contributed by atoms with Crippen LogP contribution in [0.15, 0.2) is 30.3 Å². The van der Waals surface area contributed by atoms with Crippen molar-refractivity contribution in [2.75, 3.05) is 37.7 Å². The van der Waals surface area contributed by atoms with Crippen LogP contribution in [-0.2, 0) is 4.74 Å². The van der Waals surface area contributed by atoms with Crippen LogP contribution in [0.4, 0.5) is 5.82 Å². The van der Waals surface area contributed by atoms with Gasteiger partial charge in [-0.05, 0) is 25.1 Å². The van der Waals surface area contributed by atoms with E-state index in [1.807, 2.05) is 30.3 Å². The first-order valence-electron chi connectivity index (χ1n) is 7.96. The maximum Gasteiger partial charge on any atom is 0.249 e. The highest BCUT2D eigenvalue weighted by Gasteiger charge is 2.39. The first-order chi connectivity index (χ1) is 11.2. The maximum absolute atomic E-state index is 11.8. The molecule has 23 heavy (non-hydrogen) atoms. The number of nitrogens with two attached hydrogens (primary N) is 1. The summed E-state index contributed by atoms with van der Waals surface area (Å²) in [5.74, 6) is 0.377. The van der Waals surface area contributed by atoms with Crippen LogP contribution in [0, 0.1) is 0 Å². The van der Waals surface area contributed by atoms with Gasteiger partial charge >= 0.3 is 0 Å². The molecule has 3 heterocycles. The van der Waals surface area contributed by atoms with Crippen molar-refractivity contribution in [3.05, 3.63) is 35.9 Å². The van der Waals surface area contributed by atoms with Gasteiger partial charge < -0.3 is 20.7 Å². The zero-order valence-electron chi connectivity index (χ0n) is 12.9. The molecular formula is C17H20N4O2. The fourth-order valence-electron chi connectivity index (χ4n) is 3.55. The van der Waals surface area contributed by atoms with Gasteiger partial charge in [0, 0.05) is 25.0 Å². The van der Waals surface area contributed by atoms with Crippen LogP contribution >= 0.6 is 0 Å². The highest BCUT2D eigenvalue weighted by atomic mass is 16.5. The van der Waals surface area contributed by atoms with Gasteiger partial charge in [0.1, 0.15) is 5.82 Å². The Morgan fingerprint density at radius 3 is 3.04 bits per heavy atom. The minimum Gasteiger partial charge on any atom is -0.370 e. The molecule has 6 heteroatoms. The largest absolute Gasteiger partial charge is 0.370 e. The van der Waals surface area contributed by atoms with E-state index >= 15 is 0 Å². The number of carbonyl (C=O) groups is 1. The van der Waals surface area contributed by atoms with E-state index in [1.54, 1.807) is 0 Å². The molecule has 2 aliphatic heterocycles. The van der Waals surface area contributed by atoms with Crippen LogP contribution < -0.4 is 16.0 Å². The molecular weight excluding hydrogens is 292 g/mol. The Morgan fingerprint density at radius 2 is 2.26 bits per heavy atom. The predicted molar refractivity (Wildman–Crippen MR) is 88.6 cm³/mol. The van der Waals surface area contributed by atoms with Gasteiger partial charge in [-0.2, -0.15) is 0 Å². The second kappa shape index (κ2) is 5.47. The molecule has 2 saturated heterocycles. The Bertz CT molecular complexity index is 755. The highest BCUT2D eigenvalue weighted by Crippen LogP contribution is 2.29. The van der Waals surface area contributed by atoms with Crippen molar-refractivity contribution in [1.82, 2.24) is 10.3 Å². The van der Waals surface area contributed by atoms with E-state index in [0.29, 0.717) is 12.2 Å². The van der Waals surface area contributed by atoms with Crippen LogP contribution in [0.25, 0.3) is 10.9 Å². The molecule has 1 aromatic heterocycles. The SMILES string of the molecule is NC(=O)c1cc(N2CCOC3(CCNC3)C2)nc2ccccc12. The van der Waals surface area contributed by atoms with Gasteiger partial charge in [0.2, 0.25) is 5.91 Å². The van der Waals surface area contributed by atoms with Crippen LogP contribution in [0.1, 0.15) is 16.8 Å². The van der Waals surface area contributed by atoms with Crippen molar-refractivity contribution in [3.8, 4) is 0 Å². The first-order valence-corrected chi connectivity index (χ1v) is 7.96. The first kappa shape index (κ1) is 14.4. The van der Waals surface area contributed by atoms with Gasteiger partial charge in [0.05, 0.1) is 23.3 Å². The Labute approximate surface area is 134 Å². The molecule has 0 aliphatic carbocycles. The number of hydrogen-bond donors (Lipinski definition) is 2. The van der Waals surface area contributed by atoms with E-state index in [2.05, 4.69) is 10.2 Å². The van der Waals surface area contributed by atoms with Gasteiger partial charge in [-0.1, -0.05) is 18.2 Å². The number of carbonyl (C=O) groups excluding carboxylic acids is 1. The minimum absolute atomic E-state index is 0.140. The van der Waals surface area contributed by atoms with Gasteiger partial charge in [0.15, 0.2) is 0 Å². The van der Waals surface area contributed by atoms with Crippen LogP contribution in [0.2, 0.25) is 0 Å². The lowest BCUT2D eigenvalue weighted by Crippen LogP contribution is -2.53. The van der Waals surface area contributed by atoms with Gasteiger partial charge in [0.25, 0.3) is 0 Å². The molecule has 0 radical (unpaired) electrons. The molecule has 1 spiro atoms. The third-order valence-electron chi connectivity index (χ3n) is 4.75. The quantitative estimate of drug-likeness (QED) is 0.861. The van der Waals surface area contributed by atoms with Gasteiger partial charge in [-0.25, -0.2) is 4.98 Å². The summed E-state index contributed by atoms with van der Waals surface area (Å²) in [5, 5.41) is 4.17. The lowest BCUT2D eigenvalue weighted by atomic mass is 10.0. The van der Waals surface area contributed by atoms with Crippen molar-refractivity contribution >= 4 is 22.6 Å². The highest BCUT2D eigenvalue weighted by molar-refractivity contribution is 6.06. The lowest BCUT2D eigenvalue weighted by molar-refractivity contribution is -0.0405. The van der Waals surface area contributed by atoms with E-state index in [0.717, 1.165) is 49.3 Å². The average Bonchev–Trinajstić information content (AvgIpc) is 3.01. The normalized spacial score (nSPS) is 24.4. The summed E-state index contributed by atoms with van der Waals surface area (Å²) < 4.78 is 6.02. The van der Waals surface area contributed by atoms with Crippen LogP contribution in [0.3, 0.4) is 0 Å². The zero-order valence-corrected chi connectivity index (χ0v) is 12.9. The number of nitrogens with zero attached hydrogens (tertiary/aromatic N) is 2. The fraction of sp³-hybridized carbons (Fsp3) is 0.412. The van der Waals surface area contributed by atoms with Gasteiger partial charge in [-0.15, -0.1) is 0 Å². The molecule has 4 rings (SSSR count). The van der Waals surface area contributed by atoms with E-state index in [-0.39, 0.29) is 5.60 Å². The minimum atomic E-state index is -0.421. The average molecular weight is 312 g/mol. The number of amides is 1. The van der Waals surface area contributed by atoms with Crippen LogP contribution in [0.5, 0.6) is 0 Å². The topological polar surface area (TPSA) is 80.5 Å². The number of primary amides is 1. The number of anilines is 1. The summed E-state index contributed by atoms with van der Waals surface area (Å²) >= 11 is 0. The third kappa shape index (κ3) is 2.54. The fourth-order valence-corrected chi connectivity index (χ4v) is 3.55. The number of fused-ring (bicyclic) bond motifs is 1. The number of rotatable bonds is 2. The number of benzene rings is 1. The number of hydrogen-bond acceptors (Lipinski definition) is 5. The van der Waals surface area contributed by atoms with E-state index in [4.69, 9.17) is 15.5 Å². The monoisotopic (exact) mass is 312 g/mol. The van der Waals surface area contributed by atoms with Crippen molar-refractivity contribution in [2.24, 2.45) is 5.73 Å². The number of ether oxygens (including phenoxy) is 1. The molecule has 1 aromatic carbocycles. The molecule has 2 aromatic rings. The number of para-hydroxylation sites is 1. The molecule has 1 atom stereocenters. The van der Waals surface area contributed by atoms with Gasteiger partial charge in [-0.3, -0.25) is 4.79 Å². The summed E-state index contributed by atoms with van der Waals surface area (Å²) in [6, 6.07) is 9.42. The second-order valence-electron chi connectivity index (χ2n) is 6.29. The molecule has 1 unspecified atom stereocenters. The summed E-state index contributed by atoms with van der Waals surface area (Å²) in [5.41, 5.74) is 6.75. The van der Waals surface area contributed by atoms with Crippen molar-refractivity contribution in [3.63, 3.8) is 0 Å².